The largest absolute Gasteiger partial charge is 0.313 e. The summed E-state index contributed by atoms with van der Waals surface area (Å²) < 4.78 is 0. The van der Waals surface area contributed by atoms with Crippen molar-refractivity contribution in [2.75, 3.05) is 13.1 Å². The van der Waals surface area contributed by atoms with Gasteiger partial charge in [-0.05, 0) is 36.2 Å². The van der Waals surface area contributed by atoms with Crippen molar-refractivity contribution in [3.05, 3.63) is 34.9 Å². The van der Waals surface area contributed by atoms with E-state index in [0.717, 1.165) is 26.2 Å². The Kier molecular flexibility index (Phi) is 5.21. The second-order valence-corrected chi connectivity index (χ2v) is 5.30. The first kappa shape index (κ1) is 13.6. The lowest BCUT2D eigenvalue weighted by Crippen LogP contribution is -2.17. The van der Waals surface area contributed by atoms with Crippen molar-refractivity contribution >= 4 is 0 Å². The number of nitrogens with zero attached hydrogens (tertiary/aromatic N) is 1. The third-order valence-corrected chi connectivity index (χ3v) is 3.72. The molecule has 18 heavy (non-hydrogen) atoms. The van der Waals surface area contributed by atoms with Gasteiger partial charge in [-0.2, -0.15) is 0 Å². The van der Waals surface area contributed by atoms with Crippen LogP contribution in [0.25, 0.3) is 0 Å². The number of hydrogen-bond donors (Lipinski definition) is 1. The van der Waals surface area contributed by atoms with Crippen molar-refractivity contribution in [2.24, 2.45) is 0 Å². The summed E-state index contributed by atoms with van der Waals surface area (Å²) in [5.74, 6) is 0. The van der Waals surface area contributed by atoms with Gasteiger partial charge in [0.15, 0.2) is 0 Å². The highest BCUT2D eigenvalue weighted by Gasteiger charge is 2.18. The van der Waals surface area contributed by atoms with Gasteiger partial charge in [0.2, 0.25) is 0 Å². The fourth-order valence-corrected chi connectivity index (χ4v) is 2.64. The monoisotopic (exact) mass is 246 g/mol. The number of fused-ring (bicyclic) bond motifs is 1. The van der Waals surface area contributed by atoms with E-state index < -0.39 is 0 Å². The van der Waals surface area contributed by atoms with Crippen LogP contribution in [0.4, 0.5) is 0 Å². The standard InChI is InChI=1S/C16H26N2/c1-3-5-6-9-18-12-15-8-7-14(11-17-4-2)10-16(15)13-18/h7-8,10,17H,3-6,9,11-13H2,1-2H3. The number of nitrogens with one attached hydrogen (secondary N) is 1. The zero-order valence-corrected chi connectivity index (χ0v) is 11.8. The zero-order valence-electron chi connectivity index (χ0n) is 11.8. The maximum absolute atomic E-state index is 3.40. The average Bonchev–Trinajstić information content (AvgIpc) is 2.78. The Morgan fingerprint density at radius 3 is 2.72 bits per heavy atom. The van der Waals surface area contributed by atoms with E-state index in [0.29, 0.717) is 0 Å². The summed E-state index contributed by atoms with van der Waals surface area (Å²) in [6, 6.07) is 6.98. The Labute approximate surface area is 111 Å². The molecule has 2 nitrogen and oxygen atoms in total. The van der Waals surface area contributed by atoms with Gasteiger partial charge >= 0.3 is 0 Å². The summed E-state index contributed by atoms with van der Waals surface area (Å²) in [4.78, 5) is 2.58. The summed E-state index contributed by atoms with van der Waals surface area (Å²) >= 11 is 0. The van der Waals surface area contributed by atoms with E-state index in [1.807, 2.05) is 0 Å². The van der Waals surface area contributed by atoms with Gasteiger partial charge < -0.3 is 5.32 Å². The molecule has 0 saturated heterocycles. The molecular weight excluding hydrogens is 220 g/mol. The van der Waals surface area contributed by atoms with Gasteiger partial charge in [0, 0.05) is 19.6 Å². The molecule has 1 aromatic carbocycles. The molecule has 2 heteroatoms. The molecule has 100 valence electrons. The van der Waals surface area contributed by atoms with E-state index in [1.165, 1.54) is 36.9 Å². The van der Waals surface area contributed by atoms with Crippen LogP contribution in [0.1, 0.15) is 49.8 Å². The lowest BCUT2D eigenvalue weighted by molar-refractivity contribution is 0.277. The van der Waals surface area contributed by atoms with Crippen molar-refractivity contribution in [1.29, 1.82) is 0 Å². The molecule has 0 fully saturated rings. The number of unbranched alkanes of at least 4 members (excludes halogenated alkanes) is 2. The lowest BCUT2D eigenvalue weighted by atomic mass is 10.1. The van der Waals surface area contributed by atoms with Gasteiger partial charge in [-0.1, -0.05) is 44.9 Å². The van der Waals surface area contributed by atoms with E-state index in [1.54, 1.807) is 5.56 Å². The van der Waals surface area contributed by atoms with Crippen LogP contribution in [0.2, 0.25) is 0 Å². The lowest BCUT2D eigenvalue weighted by Gasteiger charge is -2.13. The van der Waals surface area contributed by atoms with E-state index >= 15 is 0 Å². The molecule has 0 atom stereocenters. The van der Waals surface area contributed by atoms with Crippen LogP contribution in [0, 0.1) is 0 Å². The SMILES string of the molecule is CCCCCN1Cc2ccc(CNCC)cc2C1. The average molecular weight is 246 g/mol. The third-order valence-electron chi connectivity index (χ3n) is 3.72. The molecule has 0 amide bonds. The topological polar surface area (TPSA) is 15.3 Å². The van der Waals surface area contributed by atoms with Crippen molar-refractivity contribution in [1.82, 2.24) is 10.2 Å². The van der Waals surface area contributed by atoms with E-state index in [-0.39, 0.29) is 0 Å². The van der Waals surface area contributed by atoms with Crippen LogP contribution in [0.5, 0.6) is 0 Å². The molecule has 1 aliphatic rings. The fraction of sp³-hybridized carbons (Fsp3) is 0.625. The summed E-state index contributed by atoms with van der Waals surface area (Å²) in [7, 11) is 0. The van der Waals surface area contributed by atoms with Crippen LogP contribution in [-0.2, 0) is 19.6 Å². The second kappa shape index (κ2) is 6.91. The van der Waals surface area contributed by atoms with Crippen LogP contribution in [0.3, 0.4) is 0 Å². The van der Waals surface area contributed by atoms with E-state index in [2.05, 4.69) is 42.3 Å². The summed E-state index contributed by atoms with van der Waals surface area (Å²) in [6.45, 7) is 10.0. The molecular formula is C16H26N2. The summed E-state index contributed by atoms with van der Waals surface area (Å²) in [6.07, 6.45) is 4.01. The first-order chi connectivity index (χ1) is 8.83. The minimum absolute atomic E-state index is 1.000. The molecule has 0 unspecified atom stereocenters. The minimum atomic E-state index is 1.000. The first-order valence-electron chi connectivity index (χ1n) is 7.37. The predicted molar refractivity (Wildman–Crippen MR) is 77.5 cm³/mol. The Balaban J connectivity index is 1.89. The smallest absolute Gasteiger partial charge is 0.0240 e. The zero-order chi connectivity index (χ0) is 12.8. The Bertz CT molecular complexity index is 373. The van der Waals surface area contributed by atoms with Gasteiger partial charge in [0.1, 0.15) is 0 Å². The van der Waals surface area contributed by atoms with Gasteiger partial charge in [0.05, 0.1) is 0 Å². The highest BCUT2D eigenvalue weighted by molar-refractivity contribution is 5.34. The second-order valence-electron chi connectivity index (χ2n) is 5.30. The molecule has 0 aliphatic carbocycles. The van der Waals surface area contributed by atoms with E-state index in [9.17, 15) is 0 Å². The number of rotatable bonds is 7. The molecule has 0 radical (unpaired) electrons. The molecule has 0 aromatic heterocycles. The molecule has 1 aromatic rings. The molecule has 1 heterocycles. The maximum atomic E-state index is 3.40. The van der Waals surface area contributed by atoms with Crippen molar-refractivity contribution in [3.63, 3.8) is 0 Å². The Morgan fingerprint density at radius 1 is 1.11 bits per heavy atom. The van der Waals surface area contributed by atoms with E-state index in [4.69, 9.17) is 0 Å². The van der Waals surface area contributed by atoms with Crippen LogP contribution < -0.4 is 5.32 Å². The number of hydrogen-bond acceptors (Lipinski definition) is 2. The molecule has 0 bridgehead atoms. The molecule has 1 N–H and O–H groups in total. The molecule has 2 rings (SSSR count). The van der Waals surface area contributed by atoms with Crippen LogP contribution >= 0.6 is 0 Å². The molecule has 1 aliphatic heterocycles. The fourth-order valence-electron chi connectivity index (χ4n) is 2.64. The summed E-state index contributed by atoms with van der Waals surface area (Å²) in [5.41, 5.74) is 4.50. The third kappa shape index (κ3) is 3.56. The van der Waals surface area contributed by atoms with Gasteiger partial charge in [-0.25, -0.2) is 0 Å². The number of benzene rings is 1. The highest BCUT2D eigenvalue weighted by atomic mass is 15.1. The normalized spacial score (nSPS) is 15.0. The first-order valence-corrected chi connectivity index (χ1v) is 7.37. The van der Waals surface area contributed by atoms with Gasteiger partial charge in [-0.3, -0.25) is 4.90 Å². The predicted octanol–water partition coefficient (Wildman–Crippen LogP) is 3.30. The summed E-state index contributed by atoms with van der Waals surface area (Å²) in [5, 5.41) is 3.40. The van der Waals surface area contributed by atoms with Crippen LogP contribution in [-0.4, -0.2) is 18.0 Å². The maximum Gasteiger partial charge on any atom is 0.0240 e. The molecule has 0 spiro atoms. The minimum Gasteiger partial charge on any atom is -0.313 e. The van der Waals surface area contributed by atoms with Crippen molar-refractivity contribution in [3.8, 4) is 0 Å². The quantitative estimate of drug-likeness (QED) is 0.743. The Morgan fingerprint density at radius 2 is 1.94 bits per heavy atom. The molecule has 0 saturated carbocycles. The van der Waals surface area contributed by atoms with Gasteiger partial charge in [-0.15, -0.1) is 0 Å². The van der Waals surface area contributed by atoms with Gasteiger partial charge in [0.25, 0.3) is 0 Å². The van der Waals surface area contributed by atoms with Crippen molar-refractivity contribution < 1.29 is 0 Å². The van der Waals surface area contributed by atoms with Crippen molar-refractivity contribution in [2.45, 2.75) is 52.7 Å². The Hall–Kier alpha value is -0.860. The highest BCUT2D eigenvalue weighted by Crippen LogP contribution is 2.24. The van der Waals surface area contributed by atoms with Crippen LogP contribution in [0.15, 0.2) is 18.2 Å².